The zero-order chi connectivity index (χ0) is 28.3. The molecule has 0 bridgehead atoms. The number of nitrogens with two attached hydrogens (primary N) is 2. The average molecular weight is 545 g/mol. The third-order valence-electron chi connectivity index (χ3n) is 6.80. The Balaban J connectivity index is 1.52. The third-order valence-corrected chi connectivity index (χ3v) is 6.80. The van der Waals surface area contributed by atoms with Crippen molar-refractivity contribution in [2.45, 2.75) is 50.2 Å². The summed E-state index contributed by atoms with van der Waals surface area (Å²) in [6, 6.07) is 20.2. The second-order valence-corrected chi connectivity index (χ2v) is 9.81. The number of nitrogens with one attached hydrogen (secondary N) is 3. The van der Waals surface area contributed by atoms with Crippen molar-refractivity contribution in [3.63, 3.8) is 0 Å². The van der Waals surface area contributed by atoms with Gasteiger partial charge in [-0.25, -0.2) is 4.79 Å². The normalized spacial score (nSPS) is 16.1. The van der Waals surface area contributed by atoms with Crippen LogP contribution in [0.4, 0.5) is 0 Å². The Morgan fingerprint density at radius 2 is 1.70 bits per heavy atom. The van der Waals surface area contributed by atoms with Gasteiger partial charge in [0.2, 0.25) is 11.8 Å². The van der Waals surface area contributed by atoms with E-state index in [0.29, 0.717) is 18.6 Å². The molecule has 10 nitrogen and oxygen atoms in total. The number of carbonyl (C=O) groups excluding carboxylic acids is 3. The van der Waals surface area contributed by atoms with Gasteiger partial charge >= 0.3 is 5.97 Å². The fourth-order valence-corrected chi connectivity index (χ4v) is 4.73. The molecule has 40 heavy (non-hydrogen) atoms. The van der Waals surface area contributed by atoms with Crippen LogP contribution in [0.1, 0.15) is 31.2 Å². The van der Waals surface area contributed by atoms with Gasteiger partial charge < -0.3 is 32.2 Å². The molecule has 1 aliphatic heterocycles. The first-order chi connectivity index (χ1) is 19.4. The monoisotopic (exact) mass is 544 g/mol. The second kappa shape index (κ2) is 14.1. The molecule has 10 heteroatoms. The Hall–Kier alpha value is -4.44. The minimum Gasteiger partial charge on any atom is -0.424 e. The van der Waals surface area contributed by atoms with Crippen molar-refractivity contribution in [2.75, 3.05) is 13.1 Å². The molecule has 2 amide bonds. The molecule has 1 fully saturated rings. The number of hydrogen-bond acceptors (Lipinski definition) is 6. The predicted octanol–water partition coefficient (Wildman–Crippen LogP) is 1.76. The lowest BCUT2D eigenvalue weighted by Crippen LogP contribution is -2.55. The van der Waals surface area contributed by atoms with E-state index in [0.717, 1.165) is 29.3 Å². The smallest absolute Gasteiger partial charge is 0.334 e. The highest BCUT2D eigenvalue weighted by atomic mass is 16.5. The Morgan fingerprint density at radius 1 is 0.950 bits per heavy atom. The topological polar surface area (TPSA) is 161 Å². The summed E-state index contributed by atoms with van der Waals surface area (Å²) in [5.41, 5.74) is 11.8. The SMILES string of the molecule is NC(N)=NCCC[C@@H](NC(=O)[C@@H](Cc1ccccc1)NC(=O)[C@H]1CCCN1)C(=O)Oc1cccc2ccccc12. The van der Waals surface area contributed by atoms with Gasteiger partial charge in [0.25, 0.3) is 0 Å². The Labute approximate surface area is 233 Å². The summed E-state index contributed by atoms with van der Waals surface area (Å²) in [7, 11) is 0. The van der Waals surface area contributed by atoms with E-state index < -0.39 is 24.0 Å². The van der Waals surface area contributed by atoms with E-state index in [9.17, 15) is 14.4 Å². The molecule has 0 aliphatic carbocycles. The number of rotatable bonds is 12. The van der Waals surface area contributed by atoms with Crippen LogP contribution in [0.5, 0.6) is 5.75 Å². The molecule has 7 N–H and O–H groups in total. The number of guanidine groups is 1. The number of hydrogen-bond donors (Lipinski definition) is 5. The summed E-state index contributed by atoms with van der Waals surface area (Å²) < 4.78 is 5.79. The van der Waals surface area contributed by atoms with Crippen LogP contribution in [0.2, 0.25) is 0 Å². The van der Waals surface area contributed by atoms with E-state index in [1.165, 1.54) is 0 Å². The molecule has 4 rings (SSSR count). The molecule has 0 spiro atoms. The zero-order valence-corrected chi connectivity index (χ0v) is 22.3. The number of carbonyl (C=O) groups is 3. The second-order valence-electron chi connectivity index (χ2n) is 9.81. The van der Waals surface area contributed by atoms with Crippen molar-refractivity contribution < 1.29 is 19.1 Å². The van der Waals surface area contributed by atoms with Crippen LogP contribution in [0.15, 0.2) is 77.8 Å². The fourth-order valence-electron chi connectivity index (χ4n) is 4.73. The maximum Gasteiger partial charge on any atom is 0.334 e. The Kier molecular flexibility index (Phi) is 10.1. The van der Waals surface area contributed by atoms with Crippen molar-refractivity contribution in [3.05, 3.63) is 78.4 Å². The van der Waals surface area contributed by atoms with Crippen LogP contribution in [0.3, 0.4) is 0 Å². The summed E-state index contributed by atoms with van der Waals surface area (Å²) >= 11 is 0. The summed E-state index contributed by atoms with van der Waals surface area (Å²) in [5.74, 6) is -0.983. The first-order valence-corrected chi connectivity index (χ1v) is 13.5. The standard InChI is InChI=1S/C30H36N6O4/c31-30(32)34-18-8-15-24(29(39)40-26-16-6-12-21-11-4-5-13-22(21)26)35-28(38)25(19-20-9-2-1-3-10-20)36-27(37)23-14-7-17-33-23/h1-6,9-13,16,23-25,33H,7-8,14-15,17-19H2,(H,35,38)(H,36,37)(H4,31,32,34)/t23-,24-,25-/m1/s1. The van der Waals surface area contributed by atoms with Gasteiger partial charge in [0.05, 0.1) is 6.04 Å². The van der Waals surface area contributed by atoms with Crippen LogP contribution >= 0.6 is 0 Å². The average Bonchev–Trinajstić information content (AvgIpc) is 3.50. The van der Waals surface area contributed by atoms with E-state index in [-0.39, 0.29) is 37.3 Å². The maximum atomic E-state index is 13.6. The van der Waals surface area contributed by atoms with Gasteiger partial charge in [-0.3, -0.25) is 14.6 Å². The third kappa shape index (κ3) is 8.03. The van der Waals surface area contributed by atoms with Crippen molar-refractivity contribution in [1.82, 2.24) is 16.0 Å². The van der Waals surface area contributed by atoms with Gasteiger partial charge in [-0.05, 0) is 49.2 Å². The van der Waals surface area contributed by atoms with Crippen molar-refractivity contribution in [1.29, 1.82) is 0 Å². The summed E-state index contributed by atoms with van der Waals surface area (Å²) in [6.45, 7) is 1.04. The minimum absolute atomic E-state index is 0.0509. The first kappa shape index (κ1) is 28.6. The first-order valence-electron chi connectivity index (χ1n) is 13.5. The van der Waals surface area contributed by atoms with Gasteiger partial charge in [0.1, 0.15) is 17.8 Å². The molecule has 0 saturated carbocycles. The maximum absolute atomic E-state index is 13.6. The fraction of sp³-hybridized carbons (Fsp3) is 0.333. The van der Waals surface area contributed by atoms with Gasteiger partial charge in [-0.15, -0.1) is 0 Å². The van der Waals surface area contributed by atoms with Crippen LogP contribution in [-0.4, -0.2) is 55.0 Å². The molecule has 3 aromatic rings. The highest BCUT2D eigenvalue weighted by Gasteiger charge is 2.31. The number of nitrogens with zero attached hydrogens (tertiary/aromatic N) is 1. The lowest BCUT2D eigenvalue weighted by molar-refractivity contribution is -0.140. The number of aliphatic imine (C=N–C) groups is 1. The summed E-state index contributed by atoms with van der Waals surface area (Å²) in [4.78, 5) is 43.9. The van der Waals surface area contributed by atoms with Crippen molar-refractivity contribution in [3.8, 4) is 5.75 Å². The molecule has 210 valence electrons. The van der Waals surface area contributed by atoms with E-state index in [1.807, 2.05) is 60.7 Å². The molecular weight excluding hydrogens is 508 g/mol. The molecule has 1 heterocycles. The largest absolute Gasteiger partial charge is 0.424 e. The van der Waals surface area contributed by atoms with Crippen LogP contribution in [-0.2, 0) is 20.8 Å². The lowest BCUT2D eigenvalue weighted by Gasteiger charge is -2.24. The van der Waals surface area contributed by atoms with Crippen molar-refractivity contribution in [2.24, 2.45) is 16.5 Å². The zero-order valence-electron chi connectivity index (χ0n) is 22.3. The van der Waals surface area contributed by atoms with E-state index in [4.69, 9.17) is 16.2 Å². The number of amides is 2. The number of fused-ring (bicyclic) bond motifs is 1. The molecule has 3 aromatic carbocycles. The molecule has 1 saturated heterocycles. The molecule has 0 unspecified atom stereocenters. The number of esters is 1. The van der Waals surface area contributed by atoms with Crippen LogP contribution in [0.25, 0.3) is 10.8 Å². The van der Waals surface area contributed by atoms with E-state index in [1.54, 1.807) is 12.1 Å². The molecule has 1 aliphatic rings. The molecular formula is C30H36N6O4. The molecule has 0 radical (unpaired) electrons. The number of ether oxygens (including phenoxy) is 1. The van der Waals surface area contributed by atoms with E-state index in [2.05, 4.69) is 20.9 Å². The Morgan fingerprint density at radius 3 is 2.45 bits per heavy atom. The van der Waals surface area contributed by atoms with E-state index >= 15 is 0 Å². The van der Waals surface area contributed by atoms with Gasteiger partial charge in [-0.2, -0.15) is 0 Å². The van der Waals surface area contributed by atoms with Crippen molar-refractivity contribution >= 4 is 34.5 Å². The Bertz CT molecular complexity index is 1330. The lowest BCUT2D eigenvalue weighted by atomic mass is 10.0. The summed E-state index contributed by atoms with van der Waals surface area (Å²) in [5, 5.41) is 10.6. The molecule has 3 atom stereocenters. The van der Waals surface area contributed by atoms with Gasteiger partial charge in [-0.1, -0.05) is 66.7 Å². The van der Waals surface area contributed by atoms with Gasteiger partial charge in [0, 0.05) is 18.4 Å². The highest BCUT2D eigenvalue weighted by molar-refractivity contribution is 5.94. The van der Waals surface area contributed by atoms with Crippen LogP contribution < -0.4 is 32.2 Å². The quantitative estimate of drug-likeness (QED) is 0.0763. The van der Waals surface area contributed by atoms with Gasteiger partial charge in [0.15, 0.2) is 5.96 Å². The minimum atomic E-state index is -0.986. The molecule has 0 aromatic heterocycles. The summed E-state index contributed by atoms with van der Waals surface area (Å²) in [6.07, 6.45) is 2.53. The van der Waals surface area contributed by atoms with Crippen LogP contribution in [0, 0.1) is 0 Å². The number of benzene rings is 3. The predicted molar refractivity (Wildman–Crippen MR) is 155 cm³/mol. The highest BCUT2D eigenvalue weighted by Crippen LogP contribution is 2.25.